The first-order valence-electron chi connectivity index (χ1n) is 9.40. The van der Waals surface area contributed by atoms with Crippen LogP contribution in [-0.4, -0.2) is 57.0 Å². The molecule has 1 saturated heterocycles. The lowest BCUT2D eigenvalue weighted by atomic mass is 10.1. The minimum atomic E-state index is -0.446. The molecule has 7 nitrogen and oxygen atoms in total. The van der Waals surface area contributed by atoms with Gasteiger partial charge < -0.3 is 9.80 Å². The number of halogens is 2. The molecule has 4 rings (SSSR count). The first-order valence-corrected chi connectivity index (χ1v) is 9.78. The van der Waals surface area contributed by atoms with Crippen LogP contribution >= 0.6 is 11.6 Å². The van der Waals surface area contributed by atoms with Gasteiger partial charge in [0.15, 0.2) is 11.6 Å². The Morgan fingerprint density at radius 2 is 1.83 bits per heavy atom. The van der Waals surface area contributed by atoms with Crippen LogP contribution in [0.5, 0.6) is 0 Å². The fraction of sp³-hybridized carbons (Fsp3) is 0.300. The van der Waals surface area contributed by atoms with Crippen LogP contribution in [0, 0.1) is 5.82 Å². The van der Waals surface area contributed by atoms with Gasteiger partial charge in [0, 0.05) is 45.0 Å². The summed E-state index contributed by atoms with van der Waals surface area (Å²) < 4.78 is 14.9. The maximum absolute atomic E-state index is 13.2. The first kappa shape index (κ1) is 19.3. The van der Waals surface area contributed by atoms with Crippen molar-refractivity contribution in [3.8, 4) is 5.82 Å². The lowest BCUT2D eigenvalue weighted by Crippen LogP contribution is -2.49. The molecule has 3 aromatic rings. The van der Waals surface area contributed by atoms with Gasteiger partial charge in [-0.3, -0.25) is 4.79 Å². The van der Waals surface area contributed by atoms with Crippen molar-refractivity contribution in [3.63, 3.8) is 0 Å². The largest absolute Gasteiger partial charge is 0.352 e. The second kappa shape index (κ2) is 8.57. The summed E-state index contributed by atoms with van der Waals surface area (Å²) in [7, 11) is 0. The first-order chi connectivity index (χ1) is 14.1. The minimum Gasteiger partial charge on any atom is -0.352 e. The number of anilines is 1. The predicted molar refractivity (Wildman–Crippen MR) is 108 cm³/mol. The average molecular weight is 415 g/mol. The quantitative estimate of drug-likeness (QED) is 0.642. The molecule has 29 heavy (non-hydrogen) atoms. The normalized spacial score (nSPS) is 14.3. The molecule has 0 bridgehead atoms. The Balaban J connectivity index is 1.28. The summed E-state index contributed by atoms with van der Waals surface area (Å²) >= 11 is 5.80. The van der Waals surface area contributed by atoms with Crippen LogP contribution in [0.2, 0.25) is 5.02 Å². The topological polar surface area (TPSA) is 67.2 Å². The average Bonchev–Trinajstić information content (AvgIpc) is 3.29. The third-order valence-electron chi connectivity index (χ3n) is 4.94. The van der Waals surface area contributed by atoms with Crippen LogP contribution in [0.3, 0.4) is 0 Å². The van der Waals surface area contributed by atoms with Gasteiger partial charge in [0.05, 0.1) is 5.02 Å². The van der Waals surface area contributed by atoms with Crippen LogP contribution in [0.4, 0.5) is 10.2 Å². The number of aromatic nitrogens is 4. The molecular weight excluding hydrogens is 395 g/mol. The molecule has 3 heterocycles. The summed E-state index contributed by atoms with van der Waals surface area (Å²) in [5, 5.41) is 12.7. The Bertz CT molecular complexity index is 971. The van der Waals surface area contributed by atoms with E-state index in [1.165, 1.54) is 6.07 Å². The highest BCUT2D eigenvalue weighted by atomic mass is 35.5. The van der Waals surface area contributed by atoms with Crippen molar-refractivity contribution in [2.75, 3.05) is 31.1 Å². The Morgan fingerprint density at radius 3 is 2.48 bits per heavy atom. The summed E-state index contributed by atoms with van der Waals surface area (Å²) in [5.41, 5.74) is 0.857. The van der Waals surface area contributed by atoms with E-state index in [-0.39, 0.29) is 10.9 Å². The summed E-state index contributed by atoms with van der Waals surface area (Å²) in [6.45, 7) is 2.66. The lowest BCUT2D eigenvalue weighted by Gasteiger charge is -2.35. The fourth-order valence-electron chi connectivity index (χ4n) is 3.30. The second-order valence-corrected chi connectivity index (χ2v) is 7.22. The maximum atomic E-state index is 13.2. The standard InChI is InChI=1S/C20H20ClFN6O/c21-16-14-15(2-4-17(16)22)3-7-20(29)27-12-10-26(11-13-27)18-5-6-19(25-24-18)28-9-1-8-23-28/h1-2,4-6,8-9,14H,3,7,10-13H2. The van der Waals surface area contributed by atoms with Crippen molar-refractivity contribution >= 4 is 23.3 Å². The van der Waals surface area contributed by atoms with Crippen LogP contribution in [-0.2, 0) is 11.2 Å². The van der Waals surface area contributed by atoms with E-state index < -0.39 is 5.82 Å². The minimum absolute atomic E-state index is 0.0863. The number of carbonyl (C=O) groups is 1. The number of carbonyl (C=O) groups excluding carboxylic acids is 1. The van der Waals surface area contributed by atoms with Gasteiger partial charge in [-0.15, -0.1) is 10.2 Å². The number of aryl methyl sites for hydroxylation is 1. The van der Waals surface area contributed by atoms with Gasteiger partial charge in [0.2, 0.25) is 5.91 Å². The van der Waals surface area contributed by atoms with Gasteiger partial charge in [-0.25, -0.2) is 9.07 Å². The molecule has 1 aromatic carbocycles. The van der Waals surface area contributed by atoms with Gasteiger partial charge in [-0.1, -0.05) is 17.7 Å². The van der Waals surface area contributed by atoms with E-state index in [2.05, 4.69) is 20.2 Å². The lowest BCUT2D eigenvalue weighted by molar-refractivity contribution is -0.131. The van der Waals surface area contributed by atoms with E-state index in [1.54, 1.807) is 23.0 Å². The van der Waals surface area contributed by atoms with Crippen molar-refractivity contribution in [1.82, 2.24) is 24.9 Å². The molecule has 0 aliphatic carbocycles. The van der Waals surface area contributed by atoms with Gasteiger partial charge in [0.1, 0.15) is 5.82 Å². The van der Waals surface area contributed by atoms with E-state index in [4.69, 9.17) is 11.6 Å². The SMILES string of the molecule is O=C(CCc1ccc(F)c(Cl)c1)N1CCN(c2ccc(-n3cccn3)nn2)CC1. The summed E-state index contributed by atoms with van der Waals surface area (Å²) in [6.07, 6.45) is 4.42. The summed E-state index contributed by atoms with van der Waals surface area (Å²) in [4.78, 5) is 16.5. The van der Waals surface area contributed by atoms with Crippen LogP contribution in [0.1, 0.15) is 12.0 Å². The third kappa shape index (κ3) is 4.54. The zero-order valence-electron chi connectivity index (χ0n) is 15.7. The number of benzene rings is 1. The zero-order valence-corrected chi connectivity index (χ0v) is 16.5. The van der Waals surface area contributed by atoms with Crippen molar-refractivity contribution < 1.29 is 9.18 Å². The third-order valence-corrected chi connectivity index (χ3v) is 5.23. The molecule has 150 valence electrons. The van der Waals surface area contributed by atoms with Crippen LogP contribution in [0.25, 0.3) is 5.82 Å². The van der Waals surface area contributed by atoms with Crippen LogP contribution in [0.15, 0.2) is 48.8 Å². The highest BCUT2D eigenvalue weighted by Gasteiger charge is 2.22. The molecule has 1 amide bonds. The second-order valence-electron chi connectivity index (χ2n) is 6.82. The Kier molecular flexibility index (Phi) is 5.71. The molecule has 0 spiro atoms. The molecule has 0 radical (unpaired) electrons. The monoisotopic (exact) mass is 414 g/mol. The van der Waals surface area contributed by atoms with E-state index in [0.717, 1.165) is 11.4 Å². The smallest absolute Gasteiger partial charge is 0.223 e. The Hall–Kier alpha value is -3.00. The highest BCUT2D eigenvalue weighted by molar-refractivity contribution is 6.30. The number of amides is 1. The molecule has 9 heteroatoms. The van der Waals surface area contributed by atoms with Crippen molar-refractivity contribution in [3.05, 3.63) is 65.2 Å². The molecular formula is C20H20ClFN6O. The molecule has 0 N–H and O–H groups in total. The van der Waals surface area contributed by atoms with Gasteiger partial charge in [-0.05, 0) is 42.3 Å². The van der Waals surface area contributed by atoms with Crippen molar-refractivity contribution in [1.29, 1.82) is 0 Å². The van der Waals surface area contributed by atoms with E-state index in [1.807, 2.05) is 29.3 Å². The molecule has 1 aliphatic heterocycles. The number of rotatable bonds is 5. The summed E-state index contributed by atoms with van der Waals surface area (Å²) in [6, 6.07) is 10.2. The Labute approximate surface area is 172 Å². The maximum Gasteiger partial charge on any atom is 0.223 e. The fourth-order valence-corrected chi connectivity index (χ4v) is 3.51. The molecule has 0 saturated carbocycles. The van der Waals surface area contributed by atoms with Crippen molar-refractivity contribution in [2.45, 2.75) is 12.8 Å². The molecule has 1 fully saturated rings. The number of hydrogen-bond acceptors (Lipinski definition) is 5. The van der Waals surface area contributed by atoms with E-state index in [9.17, 15) is 9.18 Å². The van der Waals surface area contributed by atoms with Crippen molar-refractivity contribution in [2.24, 2.45) is 0 Å². The number of piperazine rings is 1. The molecule has 0 unspecified atom stereocenters. The number of nitrogens with zero attached hydrogens (tertiary/aromatic N) is 6. The van der Waals surface area contributed by atoms with Crippen LogP contribution < -0.4 is 4.90 Å². The molecule has 2 aromatic heterocycles. The van der Waals surface area contributed by atoms with E-state index >= 15 is 0 Å². The highest BCUT2D eigenvalue weighted by Crippen LogP contribution is 2.18. The molecule has 0 atom stereocenters. The zero-order chi connectivity index (χ0) is 20.2. The summed E-state index contributed by atoms with van der Waals surface area (Å²) in [5.74, 6) is 1.09. The van der Waals surface area contributed by atoms with Gasteiger partial charge in [-0.2, -0.15) is 5.10 Å². The Morgan fingerprint density at radius 1 is 1.07 bits per heavy atom. The molecule has 1 aliphatic rings. The van der Waals surface area contributed by atoms with Gasteiger partial charge in [0.25, 0.3) is 0 Å². The predicted octanol–water partition coefficient (Wildman–Crippen LogP) is 2.74. The van der Waals surface area contributed by atoms with E-state index in [0.29, 0.717) is 44.8 Å². The van der Waals surface area contributed by atoms with Gasteiger partial charge >= 0.3 is 0 Å². The number of hydrogen-bond donors (Lipinski definition) is 0.